The molecule has 4 nitrogen and oxygen atoms in total. The molecule has 0 aliphatic heterocycles. The van der Waals surface area contributed by atoms with Crippen molar-refractivity contribution in [1.82, 2.24) is 0 Å². The molecule has 0 bridgehead atoms. The Labute approximate surface area is 119 Å². The van der Waals surface area contributed by atoms with Gasteiger partial charge in [0.1, 0.15) is 17.3 Å². The first-order valence-corrected chi connectivity index (χ1v) is 6.02. The molecule has 20 heavy (non-hydrogen) atoms. The number of aromatic hydroxyl groups is 1. The molecule has 2 aromatic carbocycles. The molecule has 104 valence electrons. The number of rotatable bonds is 3. The maximum absolute atomic E-state index is 13.0. The summed E-state index contributed by atoms with van der Waals surface area (Å²) in [7, 11) is 1.45. The predicted molar refractivity (Wildman–Crippen MR) is 74.0 cm³/mol. The first kappa shape index (κ1) is 14.1. The first-order valence-electron chi connectivity index (χ1n) is 5.64. The molecule has 0 saturated heterocycles. The first-order chi connectivity index (χ1) is 9.51. The van der Waals surface area contributed by atoms with E-state index in [1.165, 1.54) is 31.4 Å². The minimum Gasteiger partial charge on any atom is -0.507 e. The van der Waals surface area contributed by atoms with E-state index >= 15 is 0 Å². The number of anilines is 1. The second-order valence-electron chi connectivity index (χ2n) is 3.97. The van der Waals surface area contributed by atoms with E-state index in [0.29, 0.717) is 11.4 Å². The molecule has 2 N–H and O–H groups in total. The molecular weight excluding hydrogens is 285 g/mol. The summed E-state index contributed by atoms with van der Waals surface area (Å²) in [5.74, 6) is -0.885. The van der Waals surface area contributed by atoms with Gasteiger partial charge < -0.3 is 15.2 Å². The van der Waals surface area contributed by atoms with Gasteiger partial charge in [-0.05, 0) is 30.3 Å². The number of nitrogens with one attached hydrogen (secondary N) is 1. The van der Waals surface area contributed by atoms with Gasteiger partial charge in [0.15, 0.2) is 0 Å². The van der Waals surface area contributed by atoms with Crippen LogP contribution in [0.1, 0.15) is 10.4 Å². The highest BCUT2D eigenvalue weighted by molar-refractivity contribution is 6.31. The van der Waals surface area contributed by atoms with E-state index in [1.807, 2.05) is 0 Å². The Morgan fingerprint density at radius 2 is 2.05 bits per heavy atom. The number of carbonyl (C=O) groups is 1. The Bertz CT molecular complexity index is 661. The number of hydrogen-bond donors (Lipinski definition) is 2. The maximum atomic E-state index is 13.0. The van der Waals surface area contributed by atoms with Gasteiger partial charge in [-0.25, -0.2) is 4.39 Å². The average molecular weight is 296 g/mol. The van der Waals surface area contributed by atoms with E-state index in [4.69, 9.17) is 16.3 Å². The van der Waals surface area contributed by atoms with Gasteiger partial charge in [0.2, 0.25) is 0 Å². The second-order valence-corrected chi connectivity index (χ2v) is 4.37. The lowest BCUT2D eigenvalue weighted by molar-refractivity contribution is 0.102. The normalized spacial score (nSPS) is 10.2. The van der Waals surface area contributed by atoms with Crippen molar-refractivity contribution < 1.29 is 19.0 Å². The lowest BCUT2D eigenvalue weighted by Gasteiger charge is -2.08. The zero-order valence-electron chi connectivity index (χ0n) is 10.5. The van der Waals surface area contributed by atoms with Crippen LogP contribution < -0.4 is 10.1 Å². The Balaban J connectivity index is 2.21. The Morgan fingerprint density at radius 3 is 2.65 bits per heavy atom. The Hall–Kier alpha value is -2.27. The third-order valence-electron chi connectivity index (χ3n) is 2.63. The van der Waals surface area contributed by atoms with Crippen LogP contribution in [-0.4, -0.2) is 18.1 Å². The van der Waals surface area contributed by atoms with Gasteiger partial charge in [0.25, 0.3) is 5.91 Å². The largest absolute Gasteiger partial charge is 0.507 e. The summed E-state index contributed by atoms with van der Waals surface area (Å²) in [6.45, 7) is 0. The number of carbonyl (C=O) groups excluding carboxylic acids is 1. The summed E-state index contributed by atoms with van der Waals surface area (Å²) in [6.07, 6.45) is 0. The van der Waals surface area contributed by atoms with Gasteiger partial charge in [0, 0.05) is 11.8 Å². The van der Waals surface area contributed by atoms with E-state index in [1.54, 1.807) is 6.07 Å². The fourth-order valence-corrected chi connectivity index (χ4v) is 1.78. The number of hydrogen-bond acceptors (Lipinski definition) is 3. The number of phenolic OH excluding ortho intramolecular Hbond substituents is 1. The van der Waals surface area contributed by atoms with Crippen molar-refractivity contribution in [3.63, 3.8) is 0 Å². The van der Waals surface area contributed by atoms with Crippen molar-refractivity contribution in [2.45, 2.75) is 0 Å². The topological polar surface area (TPSA) is 58.6 Å². The number of ether oxygens (including phenoxy) is 1. The van der Waals surface area contributed by atoms with Crippen LogP contribution >= 0.6 is 11.6 Å². The lowest BCUT2D eigenvalue weighted by atomic mass is 10.1. The molecule has 0 atom stereocenters. The van der Waals surface area contributed by atoms with Gasteiger partial charge in [0.05, 0.1) is 17.7 Å². The van der Waals surface area contributed by atoms with Gasteiger partial charge in [-0.2, -0.15) is 0 Å². The van der Waals surface area contributed by atoms with Crippen LogP contribution in [-0.2, 0) is 0 Å². The van der Waals surface area contributed by atoms with Crippen LogP contribution in [0.4, 0.5) is 10.1 Å². The van der Waals surface area contributed by atoms with Gasteiger partial charge in [-0.15, -0.1) is 0 Å². The van der Waals surface area contributed by atoms with Gasteiger partial charge >= 0.3 is 0 Å². The molecule has 2 rings (SSSR count). The minimum absolute atomic E-state index is 0.0752. The lowest BCUT2D eigenvalue weighted by Crippen LogP contribution is -2.12. The predicted octanol–water partition coefficient (Wildman–Crippen LogP) is 3.45. The van der Waals surface area contributed by atoms with Crippen LogP contribution in [0.5, 0.6) is 11.5 Å². The smallest absolute Gasteiger partial charge is 0.259 e. The molecule has 2 aromatic rings. The number of halogens is 2. The van der Waals surface area contributed by atoms with Crippen molar-refractivity contribution in [1.29, 1.82) is 0 Å². The van der Waals surface area contributed by atoms with E-state index in [0.717, 1.165) is 6.07 Å². The number of amides is 1. The van der Waals surface area contributed by atoms with Crippen LogP contribution in [0, 0.1) is 5.82 Å². The summed E-state index contributed by atoms with van der Waals surface area (Å²) in [6, 6.07) is 8.11. The highest BCUT2D eigenvalue weighted by atomic mass is 35.5. The van der Waals surface area contributed by atoms with Crippen molar-refractivity contribution in [3.8, 4) is 11.5 Å². The van der Waals surface area contributed by atoms with Gasteiger partial charge in [-0.1, -0.05) is 11.6 Å². The molecular formula is C14H11ClFNO3. The van der Waals surface area contributed by atoms with E-state index in [2.05, 4.69) is 5.32 Å². The molecule has 6 heteroatoms. The summed E-state index contributed by atoms with van der Waals surface area (Å²) < 4.78 is 17.9. The van der Waals surface area contributed by atoms with Crippen molar-refractivity contribution in [2.75, 3.05) is 12.4 Å². The summed E-state index contributed by atoms with van der Waals surface area (Å²) in [5, 5.41) is 12.2. The quantitative estimate of drug-likeness (QED) is 0.912. The Kier molecular flexibility index (Phi) is 4.10. The van der Waals surface area contributed by atoms with Crippen LogP contribution in [0.3, 0.4) is 0 Å². The third-order valence-corrected chi connectivity index (χ3v) is 2.92. The monoisotopic (exact) mass is 295 g/mol. The number of methoxy groups -OCH3 is 1. The van der Waals surface area contributed by atoms with E-state index in [-0.39, 0.29) is 16.3 Å². The zero-order chi connectivity index (χ0) is 14.7. The second kappa shape index (κ2) is 5.79. The number of phenols is 1. The fraction of sp³-hybridized carbons (Fsp3) is 0.0714. The number of benzene rings is 2. The molecule has 0 unspecified atom stereocenters. The molecule has 1 amide bonds. The van der Waals surface area contributed by atoms with Crippen molar-refractivity contribution in [3.05, 3.63) is 52.8 Å². The summed E-state index contributed by atoms with van der Waals surface area (Å²) in [4.78, 5) is 12.0. The van der Waals surface area contributed by atoms with Crippen molar-refractivity contribution >= 4 is 23.2 Å². The SMILES string of the molecule is COc1ccc(C(=O)Nc2ccc(F)c(Cl)c2)c(O)c1. The Morgan fingerprint density at radius 1 is 1.30 bits per heavy atom. The zero-order valence-corrected chi connectivity index (χ0v) is 11.2. The molecule has 0 spiro atoms. The highest BCUT2D eigenvalue weighted by Crippen LogP contribution is 2.25. The van der Waals surface area contributed by atoms with Crippen LogP contribution in [0.15, 0.2) is 36.4 Å². The molecule has 0 aliphatic carbocycles. The standard InChI is InChI=1S/C14H11ClFNO3/c1-20-9-3-4-10(13(18)7-9)14(19)17-8-2-5-12(16)11(15)6-8/h2-7,18H,1H3,(H,17,19). The average Bonchev–Trinajstić information content (AvgIpc) is 2.42. The summed E-state index contributed by atoms with van der Waals surface area (Å²) in [5.41, 5.74) is 0.405. The minimum atomic E-state index is -0.572. The summed E-state index contributed by atoms with van der Waals surface area (Å²) >= 11 is 5.62. The highest BCUT2D eigenvalue weighted by Gasteiger charge is 2.13. The molecule has 0 aromatic heterocycles. The van der Waals surface area contributed by atoms with Gasteiger partial charge in [-0.3, -0.25) is 4.79 Å². The fourth-order valence-electron chi connectivity index (χ4n) is 1.60. The molecule has 0 heterocycles. The van der Waals surface area contributed by atoms with E-state index in [9.17, 15) is 14.3 Å². The van der Waals surface area contributed by atoms with Crippen LogP contribution in [0.2, 0.25) is 5.02 Å². The molecule has 0 fully saturated rings. The third kappa shape index (κ3) is 3.00. The molecule has 0 aliphatic rings. The van der Waals surface area contributed by atoms with Crippen LogP contribution in [0.25, 0.3) is 0 Å². The maximum Gasteiger partial charge on any atom is 0.259 e. The van der Waals surface area contributed by atoms with E-state index < -0.39 is 11.7 Å². The molecule has 0 saturated carbocycles. The van der Waals surface area contributed by atoms with Crippen molar-refractivity contribution in [2.24, 2.45) is 0 Å². The molecule has 0 radical (unpaired) electrons.